The minimum absolute atomic E-state index is 0.0596. The van der Waals surface area contributed by atoms with Gasteiger partial charge in [-0.1, -0.05) is 12.5 Å². The lowest BCUT2D eigenvalue weighted by Gasteiger charge is -2.33. The van der Waals surface area contributed by atoms with Gasteiger partial charge >= 0.3 is 0 Å². The Kier molecular flexibility index (Phi) is 3.40. The number of carbonyl (C=O) groups excluding carboxylic acids is 1. The molecule has 1 amide bonds. The molecule has 0 atom stereocenters. The summed E-state index contributed by atoms with van der Waals surface area (Å²) in [5, 5.41) is 3.17. The van der Waals surface area contributed by atoms with Crippen molar-refractivity contribution in [2.75, 3.05) is 5.32 Å². The summed E-state index contributed by atoms with van der Waals surface area (Å²) in [7, 11) is 0. The molecule has 4 nitrogen and oxygen atoms in total. The molecule has 23 heavy (non-hydrogen) atoms. The average Bonchev–Trinajstić information content (AvgIpc) is 3.30. The predicted molar refractivity (Wildman–Crippen MR) is 92.2 cm³/mol. The molecule has 0 saturated heterocycles. The summed E-state index contributed by atoms with van der Waals surface area (Å²) in [5.41, 5.74) is 10.3. The zero-order valence-corrected chi connectivity index (χ0v) is 13.5. The summed E-state index contributed by atoms with van der Waals surface area (Å²) in [5.74, 6) is 0.838. The van der Waals surface area contributed by atoms with Crippen molar-refractivity contribution in [3.63, 3.8) is 0 Å². The molecule has 0 spiro atoms. The third-order valence-corrected chi connectivity index (χ3v) is 5.56. The van der Waals surface area contributed by atoms with E-state index in [4.69, 9.17) is 0 Å². The summed E-state index contributed by atoms with van der Waals surface area (Å²) in [6, 6.07) is 6.12. The van der Waals surface area contributed by atoms with Crippen molar-refractivity contribution in [2.24, 2.45) is 11.3 Å². The minimum Gasteiger partial charge on any atom is -0.326 e. The van der Waals surface area contributed by atoms with Gasteiger partial charge in [0.2, 0.25) is 5.91 Å². The molecule has 2 saturated carbocycles. The van der Waals surface area contributed by atoms with E-state index in [0.717, 1.165) is 29.8 Å². The first kappa shape index (κ1) is 14.4. The number of anilines is 1. The van der Waals surface area contributed by atoms with Gasteiger partial charge in [0.05, 0.1) is 11.1 Å². The molecule has 3 aliphatic rings. The van der Waals surface area contributed by atoms with Crippen LogP contribution in [0.2, 0.25) is 0 Å². The number of rotatable bonds is 4. The number of benzene rings is 1. The number of hydrazine groups is 1. The fourth-order valence-corrected chi connectivity index (χ4v) is 3.67. The third-order valence-electron chi connectivity index (χ3n) is 5.56. The average molecular weight is 309 g/mol. The number of amides is 1. The molecule has 1 aromatic rings. The first-order chi connectivity index (χ1) is 11.2. The van der Waals surface area contributed by atoms with Gasteiger partial charge in [-0.15, -0.1) is 0 Å². The van der Waals surface area contributed by atoms with Crippen molar-refractivity contribution < 1.29 is 4.79 Å². The fraction of sp³-hybridized carbons (Fsp3) is 0.421. The predicted octanol–water partition coefficient (Wildman–Crippen LogP) is 3.48. The topological polar surface area (TPSA) is 53.2 Å². The molecule has 0 unspecified atom stereocenters. The summed E-state index contributed by atoms with van der Waals surface area (Å²) in [6.07, 6.45) is 11.7. The van der Waals surface area contributed by atoms with Gasteiger partial charge in [-0.25, -0.2) is 0 Å². The quantitative estimate of drug-likeness (QED) is 0.798. The van der Waals surface area contributed by atoms with E-state index >= 15 is 0 Å². The standard InChI is InChI=1S/C19H23N3O/c1-13-7-8-15(12-16(13)17-6-3-11-20-22-17)21-18(23)19(9-10-19)14-4-2-5-14/h3,6-8,11-12,14,20,22H,2,4-5,9-10H2,1H3,(H,21,23). The number of hydrogen-bond donors (Lipinski definition) is 3. The summed E-state index contributed by atoms with van der Waals surface area (Å²) < 4.78 is 0. The van der Waals surface area contributed by atoms with E-state index in [2.05, 4.69) is 35.2 Å². The number of allylic oxidation sites excluding steroid dienone is 2. The van der Waals surface area contributed by atoms with Crippen molar-refractivity contribution in [1.82, 2.24) is 10.9 Å². The molecular formula is C19H23N3O. The van der Waals surface area contributed by atoms with Crippen LogP contribution in [-0.4, -0.2) is 5.91 Å². The minimum atomic E-state index is -0.0596. The van der Waals surface area contributed by atoms with Crippen molar-refractivity contribution in [1.29, 1.82) is 0 Å². The van der Waals surface area contributed by atoms with Crippen LogP contribution in [0.5, 0.6) is 0 Å². The Bertz CT molecular complexity index is 697. The number of hydrogen-bond acceptors (Lipinski definition) is 3. The third kappa shape index (κ3) is 2.52. The van der Waals surface area contributed by atoms with E-state index in [1.165, 1.54) is 24.8 Å². The highest BCUT2D eigenvalue weighted by Crippen LogP contribution is 2.59. The Morgan fingerprint density at radius 2 is 2.13 bits per heavy atom. The van der Waals surface area contributed by atoms with Crippen LogP contribution in [0.1, 0.15) is 43.2 Å². The zero-order valence-electron chi connectivity index (χ0n) is 13.5. The second kappa shape index (κ2) is 5.44. The van der Waals surface area contributed by atoms with E-state index in [1.54, 1.807) is 0 Å². The summed E-state index contributed by atoms with van der Waals surface area (Å²) >= 11 is 0. The molecule has 2 fully saturated rings. The molecular weight excluding hydrogens is 286 g/mol. The summed E-state index contributed by atoms with van der Waals surface area (Å²) in [4.78, 5) is 12.7. The Labute approximate surface area is 137 Å². The van der Waals surface area contributed by atoms with E-state index in [-0.39, 0.29) is 11.3 Å². The SMILES string of the molecule is Cc1ccc(NC(=O)C2(C3CCC3)CC2)cc1C1=CC=CNN1. The van der Waals surface area contributed by atoms with E-state index < -0.39 is 0 Å². The van der Waals surface area contributed by atoms with Crippen LogP contribution in [0.4, 0.5) is 5.69 Å². The molecule has 1 heterocycles. The van der Waals surface area contributed by atoms with Gasteiger partial charge in [0, 0.05) is 17.5 Å². The molecule has 4 rings (SSSR count). The number of nitrogens with one attached hydrogen (secondary N) is 3. The van der Waals surface area contributed by atoms with Gasteiger partial charge in [-0.2, -0.15) is 0 Å². The van der Waals surface area contributed by atoms with Crippen LogP contribution in [0, 0.1) is 18.3 Å². The monoisotopic (exact) mass is 309 g/mol. The van der Waals surface area contributed by atoms with Gasteiger partial charge in [0.15, 0.2) is 0 Å². The normalized spacial score (nSPS) is 21.5. The highest BCUT2D eigenvalue weighted by atomic mass is 16.2. The Hall–Kier alpha value is -2.23. The van der Waals surface area contributed by atoms with Gasteiger partial charge in [-0.05, 0) is 68.4 Å². The van der Waals surface area contributed by atoms with Gasteiger partial charge in [0.1, 0.15) is 0 Å². The van der Waals surface area contributed by atoms with Crippen molar-refractivity contribution in [3.05, 3.63) is 47.7 Å². The van der Waals surface area contributed by atoms with Crippen molar-refractivity contribution >= 4 is 17.3 Å². The lowest BCUT2D eigenvalue weighted by Crippen LogP contribution is -2.34. The van der Waals surface area contributed by atoms with Crippen LogP contribution < -0.4 is 16.2 Å². The molecule has 0 bridgehead atoms. The highest BCUT2D eigenvalue weighted by molar-refractivity contribution is 5.98. The Morgan fingerprint density at radius 1 is 1.30 bits per heavy atom. The maximum Gasteiger partial charge on any atom is 0.230 e. The molecule has 0 radical (unpaired) electrons. The number of aryl methyl sites for hydroxylation is 1. The van der Waals surface area contributed by atoms with Crippen LogP contribution in [0.25, 0.3) is 5.70 Å². The second-order valence-electron chi connectivity index (χ2n) is 6.98. The second-order valence-corrected chi connectivity index (χ2v) is 6.98. The maximum absolute atomic E-state index is 12.7. The van der Waals surface area contributed by atoms with Gasteiger partial charge in [0.25, 0.3) is 0 Å². The van der Waals surface area contributed by atoms with Crippen LogP contribution >= 0.6 is 0 Å². The van der Waals surface area contributed by atoms with Crippen LogP contribution in [-0.2, 0) is 4.79 Å². The first-order valence-corrected chi connectivity index (χ1v) is 8.50. The largest absolute Gasteiger partial charge is 0.326 e. The Morgan fingerprint density at radius 3 is 2.74 bits per heavy atom. The van der Waals surface area contributed by atoms with E-state index in [9.17, 15) is 4.79 Å². The molecule has 1 aliphatic heterocycles. The van der Waals surface area contributed by atoms with Gasteiger partial charge < -0.3 is 16.2 Å². The molecule has 1 aromatic carbocycles. The van der Waals surface area contributed by atoms with Crippen molar-refractivity contribution in [2.45, 2.75) is 39.0 Å². The smallest absolute Gasteiger partial charge is 0.230 e. The molecule has 3 N–H and O–H groups in total. The van der Waals surface area contributed by atoms with E-state index in [1.807, 2.05) is 24.4 Å². The molecule has 0 aromatic heterocycles. The maximum atomic E-state index is 12.7. The molecule has 2 aliphatic carbocycles. The fourth-order valence-electron chi connectivity index (χ4n) is 3.67. The molecule has 120 valence electrons. The van der Waals surface area contributed by atoms with Crippen LogP contribution in [0.3, 0.4) is 0 Å². The highest BCUT2D eigenvalue weighted by Gasteiger charge is 2.56. The lowest BCUT2D eigenvalue weighted by molar-refractivity contribution is -0.124. The molecule has 4 heteroatoms. The van der Waals surface area contributed by atoms with Crippen LogP contribution in [0.15, 0.2) is 36.6 Å². The van der Waals surface area contributed by atoms with E-state index in [0.29, 0.717) is 5.92 Å². The van der Waals surface area contributed by atoms with Crippen molar-refractivity contribution in [3.8, 4) is 0 Å². The zero-order chi connectivity index (χ0) is 15.9. The number of carbonyl (C=O) groups is 1. The Balaban J connectivity index is 1.54. The lowest BCUT2D eigenvalue weighted by atomic mass is 9.73. The van der Waals surface area contributed by atoms with Gasteiger partial charge in [-0.3, -0.25) is 4.79 Å². The first-order valence-electron chi connectivity index (χ1n) is 8.50. The summed E-state index contributed by atoms with van der Waals surface area (Å²) in [6.45, 7) is 2.08.